The summed E-state index contributed by atoms with van der Waals surface area (Å²) in [6, 6.07) is 14.3. The predicted molar refractivity (Wildman–Crippen MR) is 111 cm³/mol. The number of rotatable bonds is 7. The molecule has 0 aliphatic heterocycles. The summed E-state index contributed by atoms with van der Waals surface area (Å²) >= 11 is 1.63. The fourth-order valence-electron chi connectivity index (χ4n) is 3.44. The van der Waals surface area contributed by atoms with E-state index in [1.165, 1.54) is 16.4 Å². The number of hydrogen-bond donors (Lipinski definition) is 2. The first-order chi connectivity index (χ1) is 13.3. The van der Waals surface area contributed by atoms with Gasteiger partial charge in [-0.15, -0.1) is 11.3 Å². The Hall–Kier alpha value is -2.70. The molecule has 1 amide bonds. The topological polar surface area (TPSA) is 59.0 Å². The molecule has 0 atom stereocenters. The van der Waals surface area contributed by atoms with E-state index in [9.17, 15) is 4.79 Å². The summed E-state index contributed by atoms with van der Waals surface area (Å²) in [6.45, 7) is 5.07. The molecule has 0 spiro atoms. The van der Waals surface area contributed by atoms with Crippen molar-refractivity contribution in [1.82, 2.24) is 20.2 Å². The highest BCUT2D eigenvalue weighted by Gasteiger charge is 2.12. The van der Waals surface area contributed by atoms with Crippen LogP contribution in [0.5, 0.6) is 0 Å². The summed E-state index contributed by atoms with van der Waals surface area (Å²) in [6.07, 6.45) is 1.80. The number of benzene rings is 2. The second kappa shape index (κ2) is 7.90. The van der Waals surface area contributed by atoms with Crippen molar-refractivity contribution in [3.05, 3.63) is 64.6 Å². The van der Waals surface area contributed by atoms with Crippen LogP contribution >= 0.6 is 11.3 Å². The minimum Gasteiger partial charge on any atom is -0.351 e. The highest BCUT2D eigenvalue weighted by molar-refractivity contribution is 7.09. The molecule has 2 aromatic carbocycles. The zero-order chi connectivity index (χ0) is 18.6. The average Bonchev–Trinajstić information content (AvgIpc) is 3.32. The van der Waals surface area contributed by atoms with Crippen LogP contribution in [0, 0.1) is 0 Å². The first-order valence-electron chi connectivity index (χ1n) is 9.16. The van der Waals surface area contributed by atoms with Gasteiger partial charge in [-0.05, 0) is 31.2 Å². The SMILES string of the molecule is CCn1c2ccccc2c2cc(C(=O)NCCNCc3nccs3)ccc21. The maximum absolute atomic E-state index is 12.5. The number of hydrogen-bond acceptors (Lipinski definition) is 4. The van der Waals surface area contributed by atoms with Crippen LogP contribution in [0.15, 0.2) is 54.0 Å². The van der Waals surface area contributed by atoms with Crippen molar-refractivity contribution in [1.29, 1.82) is 0 Å². The number of amides is 1. The lowest BCUT2D eigenvalue weighted by Gasteiger charge is -2.07. The van der Waals surface area contributed by atoms with Crippen LogP contribution in [-0.4, -0.2) is 28.5 Å². The normalized spacial score (nSPS) is 11.3. The number of carbonyl (C=O) groups is 1. The van der Waals surface area contributed by atoms with Crippen LogP contribution in [-0.2, 0) is 13.1 Å². The number of aryl methyl sites for hydroxylation is 1. The van der Waals surface area contributed by atoms with E-state index in [1.807, 2.05) is 23.6 Å². The van der Waals surface area contributed by atoms with E-state index in [0.717, 1.165) is 23.5 Å². The fraction of sp³-hybridized carbons (Fsp3) is 0.238. The molecule has 4 aromatic rings. The van der Waals surface area contributed by atoms with Gasteiger partial charge in [-0.1, -0.05) is 18.2 Å². The third-order valence-corrected chi connectivity index (χ3v) is 5.48. The molecular weight excluding hydrogens is 356 g/mol. The Labute approximate surface area is 162 Å². The third-order valence-electron chi connectivity index (χ3n) is 4.70. The highest BCUT2D eigenvalue weighted by atomic mass is 32.1. The van der Waals surface area contributed by atoms with Crippen molar-refractivity contribution in [2.75, 3.05) is 13.1 Å². The summed E-state index contributed by atoms with van der Waals surface area (Å²) < 4.78 is 2.29. The van der Waals surface area contributed by atoms with Crippen LogP contribution in [0.2, 0.25) is 0 Å². The van der Waals surface area contributed by atoms with Gasteiger partial charge in [0, 0.05) is 65.1 Å². The smallest absolute Gasteiger partial charge is 0.251 e. The quantitative estimate of drug-likeness (QED) is 0.481. The molecule has 0 saturated heterocycles. The van der Waals surface area contributed by atoms with E-state index < -0.39 is 0 Å². The molecule has 0 saturated carbocycles. The monoisotopic (exact) mass is 378 g/mol. The van der Waals surface area contributed by atoms with E-state index in [1.54, 1.807) is 17.5 Å². The van der Waals surface area contributed by atoms with Crippen LogP contribution in [0.25, 0.3) is 21.8 Å². The van der Waals surface area contributed by atoms with Gasteiger partial charge in [0.25, 0.3) is 5.91 Å². The van der Waals surface area contributed by atoms with Gasteiger partial charge in [0.15, 0.2) is 0 Å². The van der Waals surface area contributed by atoms with E-state index in [2.05, 4.69) is 51.4 Å². The van der Waals surface area contributed by atoms with E-state index in [4.69, 9.17) is 0 Å². The second-order valence-corrected chi connectivity index (χ2v) is 7.33. The first kappa shape index (κ1) is 17.7. The lowest BCUT2D eigenvalue weighted by Crippen LogP contribution is -2.31. The number of thiazole rings is 1. The van der Waals surface area contributed by atoms with Gasteiger partial charge in [-0.2, -0.15) is 0 Å². The van der Waals surface area contributed by atoms with Crippen molar-refractivity contribution in [3.63, 3.8) is 0 Å². The molecule has 5 nitrogen and oxygen atoms in total. The Morgan fingerprint density at radius 2 is 1.96 bits per heavy atom. The number of para-hydroxylation sites is 1. The zero-order valence-electron chi connectivity index (χ0n) is 15.2. The minimum atomic E-state index is -0.0405. The summed E-state index contributed by atoms with van der Waals surface area (Å²) in [4.78, 5) is 16.8. The largest absolute Gasteiger partial charge is 0.351 e. The Bertz CT molecular complexity index is 1070. The van der Waals surface area contributed by atoms with Gasteiger partial charge in [0.1, 0.15) is 5.01 Å². The van der Waals surface area contributed by atoms with Gasteiger partial charge in [-0.25, -0.2) is 4.98 Å². The Balaban J connectivity index is 1.45. The Kier molecular flexibility index (Phi) is 5.18. The molecule has 6 heteroatoms. The maximum atomic E-state index is 12.5. The number of aromatic nitrogens is 2. The van der Waals surface area contributed by atoms with E-state index in [-0.39, 0.29) is 5.91 Å². The van der Waals surface area contributed by atoms with Crippen LogP contribution < -0.4 is 10.6 Å². The summed E-state index contributed by atoms with van der Waals surface area (Å²) in [5.41, 5.74) is 3.07. The highest BCUT2D eigenvalue weighted by Crippen LogP contribution is 2.29. The number of nitrogens with zero attached hydrogens (tertiary/aromatic N) is 2. The third kappa shape index (κ3) is 3.59. The average molecular weight is 379 g/mol. The van der Waals surface area contributed by atoms with Crippen molar-refractivity contribution in [2.45, 2.75) is 20.0 Å². The Morgan fingerprint density at radius 3 is 2.78 bits per heavy atom. The molecule has 2 aromatic heterocycles. The van der Waals surface area contributed by atoms with Gasteiger partial charge in [0.2, 0.25) is 0 Å². The molecule has 0 unspecified atom stereocenters. The molecule has 2 heterocycles. The second-order valence-electron chi connectivity index (χ2n) is 6.35. The zero-order valence-corrected chi connectivity index (χ0v) is 16.1. The molecule has 4 rings (SSSR count). The molecule has 0 aliphatic rings. The van der Waals surface area contributed by atoms with E-state index in [0.29, 0.717) is 18.7 Å². The van der Waals surface area contributed by atoms with Crippen LogP contribution in [0.4, 0.5) is 0 Å². The molecule has 2 N–H and O–H groups in total. The first-order valence-corrected chi connectivity index (χ1v) is 10.0. The van der Waals surface area contributed by atoms with Crippen molar-refractivity contribution in [2.24, 2.45) is 0 Å². The molecular formula is C21H22N4OS. The molecule has 0 aliphatic carbocycles. The van der Waals surface area contributed by atoms with Gasteiger partial charge in [0.05, 0.1) is 0 Å². The molecule has 0 radical (unpaired) electrons. The van der Waals surface area contributed by atoms with Gasteiger partial charge in [-0.3, -0.25) is 4.79 Å². The predicted octanol–water partition coefficient (Wildman–Crippen LogP) is 3.79. The summed E-state index contributed by atoms with van der Waals surface area (Å²) in [5, 5.41) is 11.6. The number of carbonyl (C=O) groups excluding carboxylic acids is 1. The lowest BCUT2D eigenvalue weighted by molar-refractivity contribution is 0.0954. The van der Waals surface area contributed by atoms with Gasteiger partial charge >= 0.3 is 0 Å². The lowest BCUT2D eigenvalue weighted by atomic mass is 10.1. The summed E-state index contributed by atoms with van der Waals surface area (Å²) in [5.74, 6) is -0.0405. The van der Waals surface area contributed by atoms with Crippen LogP contribution in [0.1, 0.15) is 22.3 Å². The maximum Gasteiger partial charge on any atom is 0.251 e. The van der Waals surface area contributed by atoms with Crippen molar-refractivity contribution in [3.8, 4) is 0 Å². The van der Waals surface area contributed by atoms with Crippen LogP contribution in [0.3, 0.4) is 0 Å². The van der Waals surface area contributed by atoms with Gasteiger partial charge < -0.3 is 15.2 Å². The summed E-state index contributed by atoms with van der Waals surface area (Å²) in [7, 11) is 0. The standard InChI is InChI=1S/C21H22N4OS/c1-2-25-18-6-4-3-5-16(18)17-13-15(7-8-19(17)25)21(26)24-10-9-22-14-20-23-11-12-27-20/h3-8,11-13,22H,2,9-10,14H2,1H3,(H,24,26). The molecule has 27 heavy (non-hydrogen) atoms. The number of fused-ring (bicyclic) bond motifs is 3. The molecule has 0 bridgehead atoms. The minimum absolute atomic E-state index is 0.0405. The Morgan fingerprint density at radius 1 is 1.11 bits per heavy atom. The van der Waals surface area contributed by atoms with Crippen molar-refractivity contribution >= 4 is 39.0 Å². The fourth-order valence-corrected chi connectivity index (χ4v) is 4.02. The van der Waals surface area contributed by atoms with Crippen molar-refractivity contribution < 1.29 is 4.79 Å². The molecule has 138 valence electrons. The number of nitrogens with one attached hydrogen (secondary N) is 2. The van der Waals surface area contributed by atoms with E-state index >= 15 is 0 Å². The molecule has 0 fully saturated rings.